The van der Waals surface area contributed by atoms with Crippen LogP contribution in [0.3, 0.4) is 0 Å². The highest BCUT2D eigenvalue weighted by Gasteiger charge is 2.27. The van der Waals surface area contributed by atoms with Crippen molar-refractivity contribution in [1.82, 2.24) is 20.4 Å². The van der Waals surface area contributed by atoms with Crippen molar-refractivity contribution >= 4 is 5.91 Å². The number of nitrogens with one attached hydrogen (secondary N) is 1. The highest BCUT2D eigenvalue weighted by molar-refractivity contribution is 5.94. The van der Waals surface area contributed by atoms with E-state index in [4.69, 9.17) is 4.52 Å². The van der Waals surface area contributed by atoms with Crippen LogP contribution < -0.4 is 5.32 Å². The van der Waals surface area contributed by atoms with Crippen molar-refractivity contribution in [2.24, 2.45) is 0 Å². The molecular weight excluding hydrogens is 292 g/mol. The first-order valence-electron chi connectivity index (χ1n) is 8.03. The molecule has 1 amide bonds. The zero-order valence-corrected chi connectivity index (χ0v) is 13.5. The Morgan fingerprint density at radius 1 is 1.30 bits per heavy atom. The molecule has 1 N–H and O–H groups in total. The molecule has 2 aromatic rings. The van der Waals surface area contributed by atoms with Crippen LogP contribution in [0.2, 0.25) is 0 Å². The second-order valence-corrected chi connectivity index (χ2v) is 6.01. The third kappa shape index (κ3) is 3.76. The van der Waals surface area contributed by atoms with Crippen molar-refractivity contribution in [2.45, 2.75) is 38.8 Å². The Morgan fingerprint density at radius 3 is 2.61 bits per heavy atom. The fourth-order valence-corrected chi connectivity index (χ4v) is 2.93. The average Bonchev–Trinajstić information content (AvgIpc) is 3.02. The molecule has 6 nitrogen and oxygen atoms in total. The fourth-order valence-electron chi connectivity index (χ4n) is 2.93. The smallest absolute Gasteiger partial charge is 0.251 e. The van der Waals surface area contributed by atoms with Crippen LogP contribution in [0.1, 0.15) is 47.9 Å². The van der Waals surface area contributed by atoms with Crippen LogP contribution in [-0.4, -0.2) is 40.1 Å². The summed E-state index contributed by atoms with van der Waals surface area (Å²) in [6, 6.07) is 9.68. The van der Waals surface area contributed by atoms with Gasteiger partial charge in [-0.3, -0.25) is 9.69 Å². The quantitative estimate of drug-likeness (QED) is 0.938. The lowest BCUT2D eigenvalue weighted by Gasteiger charge is -2.34. The van der Waals surface area contributed by atoms with Crippen molar-refractivity contribution < 1.29 is 9.32 Å². The number of hydrogen-bond acceptors (Lipinski definition) is 5. The number of likely N-dealkylation sites (tertiary alicyclic amines) is 1. The predicted molar refractivity (Wildman–Crippen MR) is 86.0 cm³/mol. The summed E-state index contributed by atoms with van der Waals surface area (Å²) in [6.45, 7) is 5.71. The van der Waals surface area contributed by atoms with E-state index in [1.54, 1.807) is 0 Å². The van der Waals surface area contributed by atoms with Crippen molar-refractivity contribution in [1.29, 1.82) is 0 Å². The van der Waals surface area contributed by atoms with Crippen molar-refractivity contribution in [3.63, 3.8) is 0 Å². The highest BCUT2D eigenvalue weighted by Crippen LogP contribution is 2.23. The largest absolute Gasteiger partial charge is 0.349 e. The Bertz CT molecular complexity index is 648. The highest BCUT2D eigenvalue weighted by atomic mass is 16.5. The maximum absolute atomic E-state index is 12.2. The Balaban J connectivity index is 1.51. The summed E-state index contributed by atoms with van der Waals surface area (Å²) in [5, 5.41) is 6.97. The first-order valence-corrected chi connectivity index (χ1v) is 8.03. The van der Waals surface area contributed by atoms with Crippen LogP contribution in [0, 0.1) is 6.92 Å². The molecule has 1 saturated heterocycles. The number of carbonyl (C=O) groups excluding carboxylic acids is 1. The SMILES string of the molecule is Cc1noc([C@H](C)N2CCC(NC(=O)c3ccccc3)CC2)n1. The molecule has 1 aliphatic heterocycles. The van der Waals surface area contributed by atoms with E-state index in [9.17, 15) is 4.79 Å². The average molecular weight is 314 g/mol. The summed E-state index contributed by atoms with van der Waals surface area (Å²) in [6.07, 6.45) is 1.85. The molecule has 0 saturated carbocycles. The van der Waals surface area contributed by atoms with E-state index in [1.807, 2.05) is 37.3 Å². The van der Waals surface area contributed by atoms with Gasteiger partial charge in [0.25, 0.3) is 5.91 Å². The Morgan fingerprint density at radius 2 is 2.00 bits per heavy atom. The van der Waals surface area contributed by atoms with Crippen molar-refractivity contribution in [3.05, 3.63) is 47.6 Å². The minimum absolute atomic E-state index is 0.00428. The van der Waals surface area contributed by atoms with E-state index in [0.717, 1.165) is 25.9 Å². The normalized spacial score (nSPS) is 17.8. The topological polar surface area (TPSA) is 71.3 Å². The number of benzene rings is 1. The minimum Gasteiger partial charge on any atom is -0.349 e. The molecule has 122 valence electrons. The lowest BCUT2D eigenvalue weighted by Crippen LogP contribution is -2.45. The Labute approximate surface area is 135 Å². The lowest BCUT2D eigenvalue weighted by atomic mass is 10.0. The zero-order chi connectivity index (χ0) is 16.2. The summed E-state index contributed by atoms with van der Waals surface area (Å²) in [5.74, 6) is 1.33. The summed E-state index contributed by atoms with van der Waals surface area (Å²) >= 11 is 0. The van der Waals surface area contributed by atoms with Gasteiger partial charge in [-0.25, -0.2) is 0 Å². The van der Waals surface area contributed by atoms with E-state index in [1.165, 1.54) is 0 Å². The van der Waals surface area contributed by atoms with E-state index >= 15 is 0 Å². The van der Waals surface area contributed by atoms with Crippen LogP contribution in [0.25, 0.3) is 0 Å². The number of rotatable bonds is 4. The van der Waals surface area contributed by atoms with Gasteiger partial charge in [0.2, 0.25) is 5.89 Å². The van der Waals surface area contributed by atoms with Gasteiger partial charge in [-0.2, -0.15) is 4.98 Å². The number of aryl methyl sites for hydroxylation is 1. The standard InChI is InChI=1S/C17H22N4O2/c1-12(17-18-13(2)20-23-17)21-10-8-15(9-11-21)19-16(22)14-6-4-3-5-7-14/h3-7,12,15H,8-11H2,1-2H3,(H,19,22)/t12-/m0/s1. The molecule has 0 radical (unpaired) electrons. The minimum atomic E-state index is 0.00428. The third-order valence-electron chi connectivity index (χ3n) is 4.35. The maximum atomic E-state index is 12.2. The van der Waals surface area contributed by atoms with Gasteiger partial charge in [0.1, 0.15) is 0 Å². The number of nitrogens with zero attached hydrogens (tertiary/aromatic N) is 3. The van der Waals surface area contributed by atoms with Crippen LogP contribution in [0.4, 0.5) is 0 Å². The monoisotopic (exact) mass is 314 g/mol. The molecule has 23 heavy (non-hydrogen) atoms. The van der Waals surface area contributed by atoms with Gasteiger partial charge in [-0.1, -0.05) is 23.4 Å². The third-order valence-corrected chi connectivity index (χ3v) is 4.35. The molecule has 1 aromatic heterocycles. The van der Waals surface area contributed by atoms with Gasteiger partial charge in [0.05, 0.1) is 6.04 Å². The molecule has 1 aromatic carbocycles. The Kier molecular flexibility index (Phi) is 4.71. The number of hydrogen-bond donors (Lipinski definition) is 1. The lowest BCUT2D eigenvalue weighted by molar-refractivity contribution is 0.0881. The molecule has 0 unspecified atom stereocenters. The molecule has 0 bridgehead atoms. The first kappa shape index (κ1) is 15.7. The summed E-state index contributed by atoms with van der Waals surface area (Å²) in [4.78, 5) is 18.8. The first-order chi connectivity index (χ1) is 11.1. The molecule has 1 aliphatic rings. The van der Waals surface area contributed by atoms with Gasteiger partial charge in [0, 0.05) is 24.7 Å². The number of carbonyl (C=O) groups is 1. The van der Waals surface area contributed by atoms with Crippen molar-refractivity contribution in [2.75, 3.05) is 13.1 Å². The van der Waals surface area contributed by atoms with E-state index < -0.39 is 0 Å². The van der Waals surface area contributed by atoms with Gasteiger partial charge < -0.3 is 9.84 Å². The fraction of sp³-hybridized carbons (Fsp3) is 0.471. The van der Waals surface area contributed by atoms with Crippen LogP contribution in [-0.2, 0) is 0 Å². The van der Waals surface area contributed by atoms with Gasteiger partial charge in [0.15, 0.2) is 5.82 Å². The number of amides is 1. The molecule has 2 heterocycles. The summed E-state index contributed by atoms with van der Waals surface area (Å²) in [7, 11) is 0. The Hall–Kier alpha value is -2.21. The van der Waals surface area contributed by atoms with Crippen LogP contribution >= 0.6 is 0 Å². The second kappa shape index (κ2) is 6.91. The van der Waals surface area contributed by atoms with Crippen molar-refractivity contribution in [3.8, 4) is 0 Å². The van der Waals surface area contributed by atoms with E-state index in [0.29, 0.717) is 17.3 Å². The maximum Gasteiger partial charge on any atom is 0.251 e. The second-order valence-electron chi connectivity index (χ2n) is 6.01. The van der Waals surface area contributed by atoms with Crippen LogP contribution in [0.5, 0.6) is 0 Å². The van der Waals surface area contributed by atoms with Gasteiger partial charge >= 0.3 is 0 Å². The number of piperidine rings is 1. The predicted octanol–water partition coefficient (Wildman–Crippen LogP) is 2.33. The molecule has 3 rings (SSSR count). The van der Waals surface area contributed by atoms with E-state index in [2.05, 4.69) is 27.3 Å². The molecule has 6 heteroatoms. The number of aromatic nitrogens is 2. The molecule has 0 spiro atoms. The summed E-state index contributed by atoms with van der Waals surface area (Å²) in [5.41, 5.74) is 0.713. The van der Waals surface area contributed by atoms with Gasteiger partial charge in [-0.05, 0) is 38.8 Å². The molecule has 1 fully saturated rings. The summed E-state index contributed by atoms with van der Waals surface area (Å²) < 4.78 is 5.26. The molecule has 1 atom stereocenters. The molecule has 0 aliphatic carbocycles. The zero-order valence-electron chi connectivity index (χ0n) is 13.5. The van der Waals surface area contributed by atoms with E-state index in [-0.39, 0.29) is 18.0 Å². The van der Waals surface area contributed by atoms with Crippen LogP contribution in [0.15, 0.2) is 34.9 Å². The van der Waals surface area contributed by atoms with Gasteiger partial charge in [-0.15, -0.1) is 0 Å². The molecular formula is C17H22N4O2.